The Labute approximate surface area is 193 Å². The lowest BCUT2D eigenvalue weighted by atomic mass is 10.2. The van der Waals surface area contributed by atoms with Crippen LogP contribution < -0.4 is 16.4 Å². The van der Waals surface area contributed by atoms with E-state index in [1.54, 1.807) is 11.5 Å². The minimum Gasteiger partial charge on any atom is -0.409 e. The highest BCUT2D eigenvalue weighted by Crippen LogP contribution is 2.29. The molecule has 2 atom stereocenters. The van der Waals surface area contributed by atoms with Crippen LogP contribution in [0.15, 0.2) is 34.5 Å². The zero-order valence-electron chi connectivity index (χ0n) is 16.0. The van der Waals surface area contributed by atoms with Gasteiger partial charge in [0.25, 0.3) is 0 Å². The highest BCUT2D eigenvalue weighted by Gasteiger charge is 2.23. The van der Waals surface area contributed by atoms with Gasteiger partial charge in [-0.1, -0.05) is 46.2 Å². The Hall–Kier alpha value is -1.30. The van der Waals surface area contributed by atoms with E-state index < -0.39 is 0 Å². The van der Waals surface area contributed by atoms with Crippen molar-refractivity contribution in [2.24, 2.45) is 10.9 Å². The van der Waals surface area contributed by atoms with E-state index in [4.69, 9.17) is 38.9 Å². The molecule has 2 aliphatic heterocycles. The van der Waals surface area contributed by atoms with E-state index in [0.29, 0.717) is 34.6 Å². The number of nitrogens with zero attached hydrogens (tertiary/aromatic N) is 2. The largest absolute Gasteiger partial charge is 0.409 e. The smallest absolute Gasteiger partial charge is 0.230 e. The van der Waals surface area contributed by atoms with Crippen LogP contribution in [0.1, 0.15) is 5.56 Å². The van der Waals surface area contributed by atoms with Crippen LogP contribution in [0.5, 0.6) is 0 Å². The van der Waals surface area contributed by atoms with Crippen molar-refractivity contribution in [3.63, 3.8) is 0 Å². The van der Waals surface area contributed by atoms with Crippen LogP contribution in [0.2, 0.25) is 10.0 Å². The molecule has 0 aromatic heterocycles. The standard InChI is InChI=1S/C18H23Cl2N5O3S2/c19-13-2-1-11(5-14(13)20)7-25-3-4-28-12(8-25)6-22-16(26)10-30-18-23-15(9-29-18)17(21)24-27/h1-2,5,9,12,18,23,27H,3-4,6-8,10H2,(H2,21,24)(H,22,26)/t12-,18?/m0/s1. The zero-order chi connectivity index (χ0) is 21.5. The van der Waals surface area contributed by atoms with Crippen LogP contribution >= 0.6 is 46.7 Å². The van der Waals surface area contributed by atoms with Crippen molar-refractivity contribution in [2.45, 2.75) is 17.4 Å². The number of benzene rings is 1. The second-order valence-corrected chi connectivity index (χ2v) is 9.91. The van der Waals surface area contributed by atoms with Gasteiger partial charge in [-0.2, -0.15) is 0 Å². The number of oxime groups is 1. The molecule has 1 saturated heterocycles. The number of halogens is 2. The number of hydrogen-bond donors (Lipinski definition) is 4. The van der Waals surface area contributed by atoms with Gasteiger partial charge < -0.3 is 26.3 Å². The zero-order valence-corrected chi connectivity index (χ0v) is 19.2. The molecule has 3 rings (SSSR count). The first-order chi connectivity index (χ1) is 14.4. The molecule has 8 nitrogen and oxygen atoms in total. The second-order valence-electron chi connectivity index (χ2n) is 6.72. The third kappa shape index (κ3) is 6.86. The molecule has 1 aromatic carbocycles. The number of carbonyl (C=O) groups excluding carboxylic acids is 1. The number of amides is 1. The van der Waals surface area contributed by atoms with Gasteiger partial charge >= 0.3 is 0 Å². The molecular weight excluding hydrogens is 469 g/mol. The lowest BCUT2D eigenvalue weighted by Gasteiger charge is -2.33. The molecule has 0 saturated carbocycles. The summed E-state index contributed by atoms with van der Waals surface area (Å²) in [7, 11) is 0. The first-order valence-corrected chi connectivity index (χ1v) is 12.0. The lowest BCUT2D eigenvalue weighted by molar-refractivity contribution is -0.119. The maximum absolute atomic E-state index is 12.2. The number of hydrogen-bond acceptors (Lipinski definition) is 8. The third-order valence-corrected chi connectivity index (χ3v) is 7.54. The summed E-state index contributed by atoms with van der Waals surface area (Å²) in [6.45, 7) is 3.36. The molecule has 0 radical (unpaired) electrons. The van der Waals surface area contributed by atoms with Gasteiger partial charge in [-0.25, -0.2) is 0 Å². The summed E-state index contributed by atoms with van der Waals surface area (Å²) in [6.07, 6.45) is -0.0664. The molecular formula is C18H23Cl2N5O3S2. The summed E-state index contributed by atoms with van der Waals surface area (Å²) in [5, 5.41) is 20.5. The highest BCUT2D eigenvalue weighted by atomic mass is 35.5. The Morgan fingerprint density at radius 3 is 3.07 bits per heavy atom. The minimum absolute atomic E-state index is 0.0231. The first kappa shape index (κ1) is 23.4. The summed E-state index contributed by atoms with van der Waals surface area (Å²) in [4.78, 5) is 14.5. The van der Waals surface area contributed by atoms with E-state index >= 15 is 0 Å². The Morgan fingerprint density at radius 1 is 1.47 bits per heavy atom. The van der Waals surface area contributed by atoms with Gasteiger partial charge in [0.1, 0.15) is 4.71 Å². The Bertz CT molecular complexity index is 827. The van der Waals surface area contributed by atoms with E-state index in [1.807, 2.05) is 12.1 Å². The Kier molecular flexibility index (Phi) is 8.84. The molecule has 2 aliphatic rings. The van der Waals surface area contributed by atoms with Crippen LogP contribution in [-0.4, -0.2) is 64.7 Å². The fourth-order valence-electron chi connectivity index (χ4n) is 2.97. The van der Waals surface area contributed by atoms with Crippen molar-refractivity contribution in [1.29, 1.82) is 0 Å². The number of amidine groups is 1. The van der Waals surface area contributed by atoms with E-state index in [-0.39, 0.29) is 22.6 Å². The third-order valence-electron chi connectivity index (χ3n) is 4.47. The van der Waals surface area contributed by atoms with E-state index in [1.165, 1.54) is 23.5 Å². The summed E-state index contributed by atoms with van der Waals surface area (Å²) >= 11 is 15.0. The molecule has 30 heavy (non-hydrogen) atoms. The van der Waals surface area contributed by atoms with E-state index in [2.05, 4.69) is 20.7 Å². The number of carbonyl (C=O) groups is 1. The summed E-state index contributed by atoms with van der Waals surface area (Å²) < 4.78 is 5.73. The molecule has 0 spiro atoms. The van der Waals surface area contributed by atoms with Crippen LogP contribution in [0.3, 0.4) is 0 Å². The van der Waals surface area contributed by atoms with Crippen LogP contribution in [0.25, 0.3) is 0 Å². The molecule has 1 unspecified atom stereocenters. The summed E-state index contributed by atoms with van der Waals surface area (Å²) in [6, 6.07) is 5.64. The number of morpholine rings is 1. The van der Waals surface area contributed by atoms with Crippen molar-refractivity contribution in [3.05, 3.63) is 44.9 Å². The van der Waals surface area contributed by atoms with Crippen molar-refractivity contribution in [2.75, 3.05) is 32.0 Å². The van der Waals surface area contributed by atoms with Gasteiger partial charge in [0, 0.05) is 31.6 Å². The molecule has 1 aromatic rings. The summed E-state index contributed by atoms with van der Waals surface area (Å²) in [5.41, 5.74) is 7.18. The van der Waals surface area contributed by atoms with Gasteiger partial charge in [-0.3, -0.25) is 9.69 Å². The number of thioether (sulfide) groups is 2. The quantitative estimate of drug-likeness (QED) is 0.189. The van der Waals surface area contributed by atoms with Crippen molar-refractivity contribution in [3.8, 4) is 0 Å². The number of ether oxygens (including phenoxy) is 1. The fraction of sp³-hybridized carbons (Fsp3) is 0.444. The van der Waals surface area contributed by atoms with Crippen LogP contribution in [0.4, 0.5) is 0 Å². The van der Waals surface area contributed by atoms with Gasteiger partial charge in [0.15, 0.2) is 5.84 Å². The van der Waals surface area contributed by atoms with Gasteiger partial charge in [0.05, 0.1) is 34.2 Å². The monoisotopic (exact) mass is 491 g/mol. The predicted molar refractivity (Wildman–Crippen MR) is 123 cm³/mol. The lowest BCUT2D eigenvalue weighted by Crippen LogP contribution is -2.47. The maximum atomic E-state index is 12.2. The van der Waals surface area contributed by atoms with Gasteiger partial charge in [0.2, 0.25) is 5.91 Å². The molecule has 2 heterocycles. The first-order valence-electron chi connectivity index (χ1n) is 9.21. The number of nitrogens with one attached hydrogen (secondary N) is 2. The molecule has 1 fully saturated rings. The van der Waals surface area contributed by atoms with Crippen molar-refractivity contribution in [1.82, 2.24) is 15.5 Å². The van der Waals surface area contributed by atoms with E-state index in [0.717, 1.165) is 25.2 Å². The molecule has 12 heteroatoms. The predicted octanol–water partition coefficient (Wildman–Crippen LogP) is 2.25. The molecule has 0 bridgehead atoms. The molecule has 1 amide bonds. The molecule has 0 aliphatic carbocycles. The average Bonchev–Trinajstić information content (AvgIpc) is 3.22. The normalized spacial score (nSPS) is 22.5. The summed E-state index contributed by atoms with van der Waals surface area (Å²) in [5.74, 6) is 0.251. The van der Waals surface area contributed by atoms with Gasteiger partial charge in [-0.15, -0.1) is 11.8 Å². The molecule has 5 N–H and O–H groups in total. The maximum Gasteiger partial charge on any atom is 0.230 e. The van der Waals surface area contributed by atoms with Crippen LogP contribution in [-0.2, 0) is 16.1 Å². The van der Waals surface area contributed by atoms with Crippen LogP contribution in [0, 0.1) is 0 Å². The minimum atomic E-state index is -0.0664. The SMILES string of the molecule is N/C(=N/O)C1=CSC(SCC(=O)NC[C@H]2CN(Cc3ccc(Cl)c(Cl)c3)CCO2)N1. The average molecular weight is 492 g/mol. The number of nitrogens with two attached hydrogens (primary N) is 1. The van der Waals surface area contributed by atoms with Crippen molar-refractivity contribution < 1.29 is 14.7 Å². The fourth-order valence-corrected chi connectivity index (χ4v) is 5.23. The Balaban J connectivity index is 1.36. The van der Waals surface area contributed by atoms with Crippen molar-refractivity contribution >= 4 is 58.5 Å². The second kappa shape index (κ2) is 11.4. The topological polar surface area (TPSA) is 112 Å². The number of rotatable bonds is 8. The Morgan fingerprint density at radius 2 is 2.30 bits per heavy atom. The van der Waals surface area contributed by atoms with E-state index in [9.17, 15) is 4.79 Å². The highest BCUT2D eigenvalue weighted by molar-refractivity contribution is 8.18. The van der Waals surface area contributed by atoms with Gasteiger partial charge in [-0.05, 0) is 17.7 Å². The molecule has 164 valence electrons.